The van der Waals surface area contributed by atoms with Crippen LogP contribution in [-0.2, 0) is 0 Å². The van der Waals surface area contributed by atoms with Crippen molar-refractivity contribution < 1.29 is 0 Å². The number of anilines is 12. The molecule has 0 radical (unpaired) electrons. The number of hydrogen-bond donors (Lipinski definition) is 0. The molecule has 0 N–H and O–H groups in total. The average molecular weight is 1190 g/mol. The molecule has 21 rings (SSSR count). The van der Waals surface area contributed by atoms with E-state index in [4.69, 9.17) is 0 Å². The van der Waals surface area contributed by atoms with E-state index in [1.807, 2.05) is 0 Å². The van der Waals surface area contributed by atoms with Crippen LogP contribution in [0.2, 0.25) is 0 Å². The largest absolute Gasteiger partial charge is 0.375 e. The summed E-state index contributed by atoms with van der Waals surface area (Å²) < 4.78 is 5.61. The Morgan fingerprint density at radius 3 is 0.926 bits per heavy atom. The van der Waals surface area contributed by atoms with Crippen molar-refractivity contribution in [2.75, 3.05) is 19.6 Å². The van der Waals surface area contributed by atoms with Gasteiger partial charge in [0, 0.05) is 123 Å². The standard InChI is InChI=1S/C86H54B2N6/c1-7-31-59(32-8-1)89(60-33-9-2-10-34-60)65-51-69-81-79-67-47-55-27-19-21-29-57(55)49-75(67)94-86(79)82(80-68-48-56-28-20-22-30-58(56)50-76(68)93(85(80)81)87-71-43-23-25-45-73(71)91(77(53-65)83(69)87)63-39-15-5-16-40-63)70-52-66(90(61-35-11-3-12-36-61)62-37-13-4-14-38-62)54-78-84(70)88(94)72-44-24-26-46-74(72)92(78)64-41-17-6-18-42-64/h1-54H. The summed E-state index contributed by atoms with van der Waals surface area (Å²) in [6.07, 6.45) is 0. The van der Waals surface area contributed by atoms with Crippen molar-refractivity contribution >= 4 is 169 Å². The maximum absolute atomic E-state index is 2.81. The summed E-state index contributed by atoms with van der Waals surface area (Å²) in [5.41, 5.74) is 28.3. The minimum Gasteiger partial charge on any atom is -0.375 e. The lowest BCUT2D eigenvalue weighted by Crippen LogP contribution is -2.57. The van der Waals surface area contributed by atoms with Crippen LogP contribution in [0.3, 0.4) is 0 Å². The lowest BCUT2D eigenvalue weighted by atomic mass is 9.44. The fourth-order valence-corrected chi connectivity index (χ4v) is 17.0. The first-order chi connectivity index (χ1) is 46.7. The third-order valence-corrected chi connectivity index (χ3v) is 20.6. The Morgan fingerprint density at radius 1 is 0.255 bits per heavy atom. The van der Waals surface area contributed by atoms with Gasteiger partial charge in [0.2, 0.25) is 0 Å². The molecule has 8 heteroatoms. The molecule has 6 nitrogen and oxygen atoms in total. The van der Waals surface area contributed by atoms with E-state index in [2.05, 4.69) is 356 Å². The van der Waals surface area contributed by atoms with E-state index in [0.717, 1.165) is 68.2 Å². The second-order valence-corrected chi connectivity index (χ2v) is 25.5. The molecule has 94 heavy (non-hydrogen) atoms. The summed E-state index contributed by atoms with van der Waals surface area (Å²) in [5.74, 6) is 0. The summed E-state index contributed by atoms with van der Waals surface area (Å²) in [6.45, 7) is -0.457. The Hall–Kier alpha value is -12.3. The van der Waals surface area contributed by atoms with Crippen LogP contribution in [0, 0.1) is 0 Å². The highest BCUT2D eigenvalue weighted by Gasteiger charge is 2.49. The molecule has 2 aromatic heterocycles. The van der Waals surface area contributed by atoms with Crippen LogP contribution in [0.15, 0.2) is 328 Å². The first-order valence-electron chi connectivity index (χ1n) is 32.6. The molecule has 0 aliphatic carbocycles. The van der Waals surface area contributed by atoms with Crippen LogP contribution >= 0.6 is 0 Å². The Kier molecular flexibility index (Phi) is 10.8. The molecule has 0 unspecified atom stereocenters. The molecule has 0 saturated carbocycles. The summed E-state index contributed by atoms with van der Waals surface area (Å²) in [5, 5.41) is 9.83. The van der Waals surface area contributed by atoms with Crippen molar-refractivity contribution in [3.05, 3.63) is 328 Å². The van der Waals surface area contributed by atoms with E-state index >= 15 is 0 Å². The second-order valence-electron chi connectivity index (χ2n) is 25.5. The van der Waals surface area contributed by atoms with Gasteiger partial charge in [-0.05, 0) is 188 Å². The number of rotatable bonds is 8. The van der Waals surface area contributed by atoms with Gasteiger partial charge in [0.15, 0.2) is 0 Å². The number of hydrogen-bond acceptors (Lipinski definition) is 4. The van der Waals surface area contributed by atoms with E-state index in [-0.39, 0.29) is 13.7 Å². The van der Waals surface area contributed by atoms with E-state index in [9.17, 15) is 0 Å². The van der Waals surface area contributed by atoms with Gasteiger partial charge in [-0.15, -0.1) is 0 Å². The molecule has 0 fully saturated rings. The Labute approximate surface area is 544 Å². The van der Waals surface area contributed by atoms with E-state index in [0.29, 0.717) is 0 Å². The molecule has 6 heterocycles. The van der Waals surface area contributed by atoms with Crippen molar-refractivity contribution in [2.24, 2.45) is 0 Å². The quantitative estimate of drug-likeness (QED) is 0.141. The monoisotopic (exact) mass is 1190 g/mol. The predicted molar refractivity (Wildman–Crippen MR) is 398 cm³/mol. The van der Waals surface area contributed by atoms with Gasteiger partial charge in [-0.2, -0.15) is 0 Å². The number of fused-ring (bicyclic) bond motifs is 18. The first-order valence-corrected chi connectivity index (χ1v) is 32.6. The lowest BCUT2D eigenvalue weighted by molar-refractivity contribution is 1.23. The van der Waals surface area contributed by atoms with Gasteiger partial charge in [-0.25, -0.2) is 0 Å². The highest BCUT2D eigenvalue weighted by atomic mass is 15.2. The van der Waals surface area contributed by atoms with Crippen molar-refractivity contribution in [3.63, 3.8) is 0 Å². The van der Waals surface area contributed by atoms with Gasteiger partial charge < -0.3 is 28.6 Å². The zero-order valence-corrected chi connectivity index (χ0v) is 51.0. The fraction of sp³-hybridized carbons (Fsp3) is 0. The molecule has 0 atom stereocenters. The number of nitrogens with zero attached hydrogens (tertiary/aromatic N) is 6. The third-order valence-electron chi connectivity index (χ3n) is 20.6. The van der Waals surface area contributed by atoms with Crippen LogP contribution in [-0.4, -0.2) is 22.7 Å². The van der Waals surface area contributed by atoms with Gasteiger partial charge in [-0.3, -0.25) is 0 Å². The second kappa shape index (κ2) is 19.6. The highest BCUT2D eigenvalue weighted by Crippen LogP contribution is 2.58. The van der Waals surface area contributed by atoms with Crippen molar-refractivity contribution in [1.82, 2.24) is 8.96 Å². The molecular weight excluding hydrogens is 1140 g/mol. The summed E-state index contributed by atoms with van der Waals surface area (Å²) in [6, 6.07) is 123. The van der Waals surface area contributed by atoms with Crippen LogP contribution in [0.25, 0.3) is 87.4 Å². The number of benzene rings is 15. The molecule has 434 valence electrons. The predicted octanol–water partition coefficient (Wildman–Crippen LogP) is 20.0. The molecule has 0 bridgehead atoms. The summed E-state index contributed by atoms with van der Waals surface area (Å²) in [4.78, 5) is 10.0. The van der Waals surface area contributed by atoms with Crippen LogP contribution in [0.5, 0.6) is 0 Å². The Morgan fingerprint density at radius 2 is 0.564 bits per heavy atom. The maximum atomic E-state index is 2.81. The SMILES string of the molecule is c1ccc(N(c2ccccc2)c2cc3c4c(c2)N(c2ccccc2)c2ccccc2B4n2c4cc5ccccc5cc4c4c5c6c(c-3c42)c2cc3ccccc3cc2n6B2c3ccccc3N(c3ccccc3)c3cc(N(c4ccccc4)c4ccccc4)cc-5c32)cc1. The Bertz CT molecular complexity index is 5560. The average Bonchev–Trinajstić information content (AvgIpc) is 1.42. The molecule has 0 amide bonds. The summed E-state index contributed by atoms with van der Waals surface area (Å²) in [7, 11) is 0. The molecule has 0 spiro atoms. The minimum atomic E-state index is -0.228. The minimum absolute atomic E-state index is 0.228. The van der Waals surface area contributed by atoms with Crippen molar-refractivity contribution in [2.45, 2.75) is 0 Å². The molecule has 17 aromatic rings. The lowest BCUT2D eigenvalue weighted by Gasteiger charge is -2.43. The first kappa shape index (κ1) is 51.5. The molecular formula is C86H54B2N6. The molecule has 4 aliphatic heterocycles. The maximum Gasteiger partial charge on any atom is 0.333 e. The van der Waals surface area contributed by atoms with Gasteiger partial charge >= 0.3 is 13.7 Å². The van der Waals surface area contributed by atoms with Crippen LogP contribution in [0.4, 0.5) is 68.2 Å². The van der Waals surface area contributed by atoms with Gasteiger partial charge in [0.25, 0.3) is 0 Å². The van der Waals surface area contributed by atoms with Gasteiger partial charge in [0.1, 0.15) is 0 Å². The zero-order chi connectivity index (χ0) is 61.3. The normalized spacial score (nSPS) is 13.0. The van der Waals surface area contributed by atoms with E-state index in [1.54, 1.807) is 0 Å². The van der Waals surface area contributed by atoms with Gasteiger partial charge in [-0.1, -0.05) is 194 Å². The van der Waals surface area contributed by atoms with Crippen LogP contribution < -0.4 is 41.5 Å². The molecule has 4 aliphatic rings. The topological polar surface area (TPSA) is 22.8 Å². The molecule has 0 saturated heterocycles. The highest BCUT2D eigenvalue weighted by molar-refractivity contribution is 6.92. The van der Waals surface area contributed by atoms with Gasteiger partial charge in [0.05, 0.1) is 0 Å². The summed E-state index contributed by atoms with van der Waals surface area (Å²) >= 11 is 0. The number of aromatic nitrogens is 2. The Balaban J connectivity index is 1.02. The van der Waals surface area contributed by atoms with Crippen LogP contribution in [0.1, 0.15) is 0 Å². The fourth-order valence-electron chi connectivity index (χ4n) is 17.0. The van der Waals surface area contributed by atoms with E-state index < -0.39 is 0 Å². The number of para-hydroxylation sites is 8. The molecule has 15 aromatic carbocycles. The smallest absolute Gasteiger partial charge is 0.333 e. The van der Waals surface area contributed by atoms with E-state index in [1.165, 1.54) is 109 Å². The van der Waals surface area contributed by atoms with Crippen molar-refractivity contribution in [3.8, 4) is 22.3 Å². The van der Waals surface area contributed by atoms with Crippen molar-refractivity contribution in [1.29, 1.82) is 0 Å². The third kappa shape index (κ3) is 7.11. The zero-order valence-electron chi connectivity index (χ0n) is 51.0.